The Kier molecular flexibility index (Phi) is 3.90. The van der Waals surface area contributed by atoms with Crippen LogP contribution in [0.1, 0.15) is 37.7 Å². The van der Waals surface area contributed by atoms with Gasteiger partial charge in [0.1, 0.15) is 11.4 Å². The Morgan fingerprint density at radius 1 is 1.18 bits per heavy atom. The first-order valence-corrected chi connectivity index (χ1v) is 8.94. The third-order valence-electron chi connectivity index (χ3n) is 4.26. The van der Waals surface area contributed by atoms with Crippen molar-refractivity contribution >= 4 is 15.9 Å². The minimum absolute atomic E-state index is 0.107. The van der Waals surface area contributed by atoms with Crippen LogP contribution in [0.4, 0.5) is 5.69 Å². The zero-order valence-electron chi connectivity index (χ0n) is 12.2. The number of phenols is 1. The van der Waals surface area contributed by atoms with E-state index in [4.69, 9.17) is 0 Å². The van der Waals surface area contributed by atoms with E-state index in [1.54, 1.807) is 12.1 Å². The van der Waals surface area contributed by atoms with Crippen LogP contribution in [0.3, 0.4) is 0 Å². The Morgan fingerprint density at radius 3 is 2.50 bits per heavy atom. The van der Waals surface area contributed by atoms with Crippen molar-refractivity contribution in [3.63, 3.8) is 0 Å². The fourth-order valence-electron chi connectivity index (χ4n) is 3.19. The molecule has 7 heteroatoms. The van der Waals surface area contributed by atoms with Crippen molar-refractivity contribution in [3.05, 3.63) is 35.8 Å². The normalized spacial score (nSPS) is 21.5. The smallest absolute Gasteiger partial charge is 0.330 e. The quantitative estimate of drug-likeness (QED) is 0.797. The molecule has 0 bridgehead atoms. The van der Waals surface area contributed by atoms with Crippen LogP contribution in [0.5, 0.6) is 5.75 Å². The van der Waals surface area contributed by atoms with Crippen molar-refractivity contribution in [2.24, 2.45) is 5.92 Å². The van der Waals surface area contributed by atoms with E-state index in [0.717, 1.165) is 22.5 Å². The van der Waals surface area contributed by atoms with E-state index in [1.807, 2.05) is 10.8 Å². The van der Waals surface area contributed by atoms with E-state index in [9.17, 15) is 18.6 Å². The van der Waals surface area contributed by atoms with Crippen molar-refractivity contribution < 1.29 is 18.6 Å². The number of aliphatic hydroxyl groups excluding tert-OH is 1. The second-order valence-corrected chi connectivity index (χ2v) is 7.50. The highest BCUT2D eigenvalue weighted by Gasteiger charge is 2.30. The molecule has 0 aromatic heterocycles. The first-order valence-electron chi connectivity index (χ1n) is 7.50. The number of hydrogen-bond donors (Lipinski definition) is 3. The Morgan fingerprint density at radius 2 is 1.91 bits per heavy atom. The minimum Gasteiger partial charge on any atom is -0.506 e. The van der Waals surface area contributed by atoms with Crippen LogP contribution >= 0.6 is 0 Å². The topological polar surface area (TPSA) is 89.9 Å². The van der Waals surface area contributed by atoms with Gasteiger partial charge in [0.2, 0.25) is 5.88 Å². The average Bonchev–Trinajstić information content (AvgIpc) is 2.73. The lowest BCUT2D eigenvalue weighted by Gasteiger charge is -2.22. The molecule has 0 radical (unpaired) electrons. The summed E-state index contributed by atoms with van der Waals surface area (Å²) in [6.45, 7) is 0. The number of phenolic OH excluding ortho intramolecular Hbond substituents is 1. The molecule has 1 heterocycles. The molecule has 22 heavy (non-hydrogen) atoms. The molecular formula is C15H20N2O4S. The fraction of sp³-hybridized carbons (Fsp3) is 0.467. The van der Waals surface area contributed by atoms with Crippen molar-refractivity contribution in [2.75, 3.05) is 4.31 Å². The summed E-state index contributed by atoms with van der Waals surface area (Å²) in [7, 11) is -3.87. The number of aliphatic hydroxyl groups is 1. The lowest BCUT2D eigenvalue weighted by Crippen LogP contribution is -2.29. The summed E-state index contributed by atoms with van der Waals surface area (Å²) in [5.41, 5.74) is 1.13. The maximum atomic E-state index is 11.8. The van der Waals surface area contributed by atoms with Crippen molar-refractivity contribution in [3.8, 4) is 5.75 Å². The second kappa shape index (κ2) is 5.72. The van der Waals surface area contributed by atoms with Crippen LogP contribution in [0, 0.1) is 5.92 Å². The van der Waals surface area contributed by atoms with E-state index in [0.29, 0.717) is 5.92 Å². The summed E-state index contributed by atoms with van der Waals surface area (Å²) >= 11 is 0. The van der Waals surface area contributed by atoms with Gasteiger partial charge in [-0.15, -0.1) is 0 Å². The molecule has 6 nitrogen and oxygen atoms in total. The number of aromatic hydroxyl groups is 1. The third-order valence-corrected chi connectivity index (χ3v) is 5.55. The second-order valence-electron chi connectivity index (χ2n) is 5.95. The number of hydrogen-bond acceptors (Lipinski definition) is 4. The monoisotopic (exact) mass is 324 g/mol. The number of nitrogens with zero attached hydrogens (tertiary/aromatic N) is 1. The molecule has 1 aliphatic heterocycles. The van der Waals surface area contributed by atoms with Crippen LogP contribution in [-0.4, -0.2) is 18.6 Å². The number of nitrogens with one attached hydrogen (secondary N) is 1. The van der Waals surface area contributed by atoms with Crippen LogP contribution < -0.4 is 9.03 Å². The van der Waals surface area contributed by atoms with Gasteiger partial charge in [0.05, 0.1) is 6.20 Å². The van der Waals surface area contributed by atoms with E-state index < -0.39 is 16.1 Å². The molecule has 1 aliphatic carbocycles. The highest BCUT2D eigenvalue weighted by molar-refractivity contribution is 7.91. The lowest BCUT2D eigenvalue weighted by atomic mass is 9.85. The molecule has 120 valence electrons. The van der Waals surface area contributed by atoms with Crippen molar-refractivity contribution in [2.45, 2.75) is 38.5 Å². The molecule has 3 rings (SSSR count). The van der Waals surface area contributed by atoms with Gasteiger partial charge in [0.15, 0.2) is 0 Å². The van der Waals surface area contributed by atoms with Crippen molar-refractivity contribution in [1.29, 1.82) is 0 Å². The maximum Gasteiger partial charge on any atom is 0.330 e. The standard InChI is InChI=1S/C15H20N2O4S/c18-14-9-12(8-11-4-2-1-3-5-11)6-7-13(14)17-10-15(19)16-22(17,20)21/h6-7,9-11,16,18-19H,1-5,8H2. The van der Waals surface area contributed by atoms with E-state index in [2.05, 4.69) is 0 Å². The molecule has 1 aromatic carbocycles. The van der Waals surface area contributed by atoms with Gasteiger partial charge >= 0.3 is 10.2 Å². The van der Waals surface area contributed by atoms with Gasteiger partial charge < -0.3 is 10.2 Å². The predicted octanol–water partition coefficient (Wildman–Crippen LogP) is 2.53. The molecule has 2 aliphatic rings. The van der Waals surface area contributed by atoms with Crippen molar-refractivity contribution in [1.82, 2.24) is 4.72 Å². The average molecular weight is 324 g/mol. The molecule has 0 unspecified atom stereocenters. The molecule has 0 spiro atoms. The Labute approximate surface area is 130 Å². The summed E-state index contributed by atoms with van der Waals surface area (Å²) in [5.74, 6) is 0.0652. The van der Waals surface area contributed by atoms with Crippen LogP contribution in [0.2, 0.25) is 0 Å². The molecule has 3 N–H and O–H groups in total. The van der Waals surface area contributed by atoms with Gasteiger partial charge in [-0.25, -0.2) is 9.03 Å². The van der Waals surface area contributed by atoms with E-state index in [1.165, 1.54) is 32.1 Å². The Hall–Kier alpha value is -1.89. The SMILES string of the molecule is O=S1(=O)NC(O)=CN1c1ccc(CC2CCCCC2)cc1O. The highest BCUT2D eigenvalue weighted by atomic mass is 32.2. The van der Waals surface area contributed by atoms with E-state index in [-0.39, 0.29) is 11.4 Å². The van der Waals surface area contributed by atoms with Crippen LogP contribution in [0.15, 0.2) is 30.3 Å². The number of anilines is 1. The molecule has 1 fully saturated rings. The molecule has 0 atom stereocenters. The highest BCUT2D eigenvalue weighted by Crippen LogP contribution is 2.34. The van der Waals surface area contributed by atoms with E-state index >= 15 is 0 Å². The first-order chi connectivity index (χ1) is 10.5. The third kappa shape index (κ3) is 2.99. The summed E-state index contributed by atoms with van der Waals surface area (Å²) < 4.78 is 26.4. The molecule has 0 amide bonds. The summed E-state index contributed by atoms with van der Waals surface area (Å²) in [5, 5.41) is 19.5. The Bertz CT molecular complexity index is 693. The Balaban J connectivity index is 1.80. The van der Waals surface area contributed by atoms with Gasteiger partial charge in [0, 0.05) is 0 Å². The first kappa shape index (κ1) is 15.0. The summed E-state index contributed by atoms with van der Waals surface area (Å²) in [6, 6.07) is 5.02. The zero-order chi connectivity index (χ0) is 15.7. The molecular weight excluding hydrogens is 304 g/mol. The van der Waals surface area contributed by atoms with Gasteiger partial charge in [-0.3, -0.25) is 0 Å². The predicted molar refractivity (Wildman–Crippen MR) is 83.6 cm³/mol. The number of benzene rings is 1. The van der Waals surface area contributed by atoms with Gasteiger partial charge in [-0.05, 0) is 30.0 Å². The molecule has 1 saturated carbocycles. The number of rotatable bonds is 3. The lowest BCUT2D eigenvalue weighted by molar-refractivity contribution is 0.356. The van der Waals surface area contributed by atoms with Gasteiger partial charge in [-0.2, -0.15) is 8.42 Å². The largest absolute Gasteiger partial charge is 0.506 e. The molecule has 1 aromatic rings. The van der Waals surface area contributed by atoms with Gasteiger partial charge in [-0.1, -0.05) is 38.2 Å². The minimum atomic E-state index is -3.87. The van der Waals surface area contributed by atoms with Gasteiger partial charge in [0.25, 0.3) is 0 Å². The van der Waals surface area contributed by atoms with Crippen LogP contribution in [-0.2, 0) is 16.6 Å². The fourth-order valence-corrected chi connectivity index (χ4v) is 4.26. The maximum absolute atomic E-state index is 11.8. The molecule has 0 saturated heterocycles. The summed E-state index contributed by atoms with van der Waals surface area (Å²) in [4.78, 5) is 0. The summed E-state index contributed by atoms with van der Waals surface area (Å²) in [6.07, 6.45) is 8.18. The zero-order valence-corrected chi connectivity index (χ0v) is 13.0. The van der Waals surface area contributed by atoms with Crippen LogP contribution in [0.25, 0.3) is 0 Å².